The molecule has 2 N–H and O–H groups in total. The fourth-order valence-corrected chi connectivity index (χ4v) is 5.23. The van der Waals surface area contributed by atoms with Crippen LogP contribution in [0.1, 0.15) is 52.5 Å². The van der Waals surface area contributed by atoms with E-state index in [4.69, 9.17) is 4.74 Å². The second kappa shape index (κ2) is 5.92. The molecule has 0 radical (unpaired) electrons. The molecule has 0 saturated heterocycles. The highest BCUT2D eigenvalue weighted by atomic mass is 19.1. The Bertz CT molecular complexity index is 1300. The summed E-state index contributed by atoms with van der Waals surface area (Å²) in [4.78, 5) is 25.0. The summed E-state index contributed by atoms with van der Waals surface area (Å²) in [5.74, 6) is -0.966. The van der Waals surface area contributed by atoms with Crippen molar-refractivity contribution in [3.8, 4) is 0 Å². The van der Waals surface area contributed by atoms with E-state index in [2.05, 4.69) is 5.32 Å². The first kappa shape index (κ1) is 17.7. The number of esters is 1. The zero-order chi connectivity index (χ0) is 20.7. The Hall–Kier alpha value is -3.19. The number of halogens is 1. The van der Waals surface area contributed by atoms with Crippen LogP contribution >= 0.6 is 0 Å². The fourth-order valence-electron chi connectivity index (χ4n) is 5.23. The molecule has 4 aliphatic rings. The normalized spacial score (nSPS) is 21.0. The van der Waals surface area contributed by atoms with Gasteiger partial charge in [0.1, 0.15) is 12.4 Å². The number of carbonyl (C=O) groups excluding carboxylic acids is 1. The molecule has 0 fully saturated rings. The lowest BCUT2D eigenvalue weighted by atomic mass is 9.81. The molecule has 2 aromatic rings. The molecular weight excluding hydrogens is 387 g/mol. The molecule has 1 aromatic carbocycles. The van der Waals surface area contributed by atoms with Crippen molar-refractivity contribution in [2.45, 2.75) is 45.4 Å². The van der Waals surface area contributed by atoms with Crippen molar-refractivity contribution in [3.63, 3.8) is 0 Å². The van der Waals surface area contributed by atoms with Crippen molar-refractivity contribution >= 4 is 22.8 Å². The molecule has 6 rings (SSSR count). The van der Waals surface area contributed by atoms with Gasteiger partial charge in [-0.05, 0) is 60.6 Å². The van der Waals surface area contributed by atoms with Gasteiger partial charge in [0, 0.05) is 28.6 Å². The number of hydrogen-bond acceptors (Lipinski definition) is 5. The Labute approximate surface area is 171 Å². The number of aromatic nitrogens is 1. The van der Waals surface area contributed by atoms with Crippen LogP contribution in [0, 0.1) is 12.7 Å². The molecule has 4 heterocycles. The van der Waals surface area contributed by atoms with Crippen LogP contribution in [-0.2, 0) is 29.1 Å². The third kappa shape index (κ3) is 2.15. The van der Waals surface area contributed by atoms with E-state index in [1.165, 1.54) is 6.07 Å². The van der Waals surface area contributed by atoms with E-state index in [-0.39, 0.29) is 18.0 Å². The number of fused-ring (bicyclic) bond motifs is 4. The minimum atomic E-state index is -1.46. The van der Waals surface area contributed by atoms with E-state index in [1.807, 2.05) is 13.1 Å². The number of hydrogen-bond donors (Lipinski definition) is 2. The molecule has 0 spiro atoms. The lowest BCUT2D eigenvalue weighted by Crippen LogP contribution is -2.32. The van der Waals surface area contributed by atoms with E-state index in [9.17, 15) is 19.1 Å². The van der Waals surface area contributed by atoms with E-state index >= 15 is 0 Å². The van der Waals surface area contributed by atoms with Gasteiger partial charge in [-0.3, -0.25) is 4.79 Å². The summed E-state index contributed by atoms with van der Waals surface area (Å²) in [7, 11) is 0. The average Bonchev–Trinajstić information content (AvgIpc) is 3.03. The van der Waals surface area contributed by atoms with Gasteiger partial charge >= 0.3 is 5.97 Å². The van der Waals surface area contributed by atoms with Gasteiger partial charge in [0.25, 0.3) is 5.56 Å². The van der Waals surface area contributed by atoms with Crippen LogP contribution in [0.3, 0.4) is 0 Å². The Morgan fingerprint density at radius 2 is 2.03 bits per heavy atom. The first-order valence-electron chi connectivity index (χ1n) is 10.1. The van der Waals surface area contributed by atoms with Crippen LogP contribution in [0.15, 0.2) is 28.7 Å². The van der Waals surface area contributed by atoms with Gasteiger partial charge in [-0.25, -0.2) is 9.18 Å². The number of benzene rings is 1. The summed E-state index contributed by atoms with van der Waals surface area (Å²) in [5.41, 5.74) is 7.55. The van der Waals surface area contributed by atoms with Crippen LogP contribution in [0.5, 0.6) is 0 Å². The SMILES string of the molecule is Cc1c(F)cc2c3c1CCCC3=C1Cn3c(cc4c(c3=O)COC(=O)C4O)C1=CN2. The van der Waals surface area contributed by atoms with Crippen LogP contribution < -0.4 is 10.9 Å². The topological polar surface area (TPSA) is 80.6 Å². The Morgan fingerprint density at radius 1 is 1.20 bits per heavy atom. The molecule has 1 atom stereocenters. The molecule has 30 heavy (non-hydrogen) atoms. The predicted molar refractivity (Wildman–Crippen MR) is 108 cm³/mol. The van der Waals surface area contributed by atoms with Gasteiger partial charge in [0.15, 0.2) is 6.10 Å². The van der Waals surface area contributed by atoms with Crippen molar-refractivity contribution in [2.24, 2.45) is 0 Å². The van der Waals surface area contributed by atoms with Gasteiger partial charge in [-0.2, -0.15) is 0 Å². The first-order valence-corrected chi connectivity index (χ1v) is 10.1. The van der Waals surface area contributed by atoms with Gasteiger partial charge < -0.3 is 19.7 Å². The average molecular weight is 406 g/mol. The molecular formula is C23H19FN2O4. The van der Waals surface area contributed by atoms with Crippen LogP contribution in [0.2, 0.25) is 0 Å². The second-order valence-corrected chi connectivity index (χ2v) is 8.26. The minimum absolute atomic E-state index is 0.126. The molecule has 1 unspecified atom stereocenters. The van der Waals surface area contributed by atoms with Gasteiger partial charge in [-0.1, -0.05) is 0 Å². The van der Waals surface area contributed by atoms with E-state index < -0.39 is 12.1 Å². The molecule has 0 saturated carbocycles. The number of ether oxygens (including phenoxy) is 1. The summed E-state index contributed by atoms with van der Waals surface area (Å²) < 4.78 is 21.1. The molecule has 1 aromatic heterocycles. The molecule has 6 nitrogen and oxygen atoms in total. The van der Waals surface area contributed by atoms with E-state index in [1.54, 1.807) is 10.6 Å². The first-order chi connectivity index (χ1) is 14.5. The highest BCUT2D eigenvalue weighted by Crippen LogP contribution is 2.47. The highest BCUT2D eigenvalue weighted by molar-refractivity contribution is 5.97. The lowest BCUT2D eigenvalue weighted by molar-refractivity contribution is -0.157. The maximum atomic E-state index is 14.5. The highest BCUT2D eigenvalue weighted by Gasteiger charge is 2.36. The van der Waals surface area contributed by atoms with Crippen molar-refractivity contribution in [1.82, 2.24) is 4.57 Å². The number of carbonyl (C=O) groups is 1. The zero-order valence-corrected chi connectivity index (χ0v) is 16.3. The minimum Gasteiger partial charge on any atom is -0.458 e. The maximum absolute atomic E-state index is 14.5. The number of allylic oxidation sites excluding steroid dienone is 3. The summed E-state index contributed by atoms with van der Waals surface area (Å²) in [6, 6.07) is 3.26. The summed E-state index contributed by atoms with van der Waals surface area (Å²) in [5, 5.41) is 13.5. The molecule has 3 aliphatic heterocycles. The van der Waals surface area contributed by atoms with Crippen molar-refractivity contribution in [3.05, 3.63) is 73.6 Å². The number of aliphatic hydroxyl groups excluding tert-OH is 1. The summed E-state index contributed by atoms with van der Waals surface area (Å²) >= 11 is 0. The summed E-state index contributed by atoms with van der Waals surface area (Å²) in [6.45, 7) is 2.10. The molecule has 0 bridgehead atoms. The number of cyclic esters (lactones) is 1. The standard InChI is InChI=1S/C23H19FN2O4/c1-10-11-3-2-4-12-15-8-26-19(14(15)7-25-18(20(11)12)6-17(10)24)5-13-16(22(26)28)9-30-23(29)21(13)27/h5-7,21,25,27H,2-4,8-9H2,1H3. The number of rotatable bonds is 0. The van der Waals surface area contributed by atoms with Crippen molar-refractivity contribution in [2.75, 3.05) is 5.32 Å². The third-order valence-corrected chi connectivity index (χ3v) is 6.77. The molecule has 152 valence electrons. The Morgan fingerprint density at radius 3 is 2.87 bits per heavy atom. The van der Waals surface area contributed by atoms with Crippen molar-refractivity contribution < 1.29 is 19.0 Å². The van der Waals surface area contributed by atoms with Gasteiger partial charge in [-0.15, -0.1) is 0 Å². The zero-order valence-electron chi connectivity index (χ0n) is 16.3. The summed E-state index contributed by atoms with van der Waals surface area (Å²) in [6.07, 6.45) is 2.95. The van der Waals surface area contributed by atoms with E-state index in [0.29, 0.717) is 28.9 Å². The van der Waals surface area contributed by atoms with Crippen LogP contribution in [-0.4, -0.2) is 15.6 Å². The third-order valence-electron chi connectivity index (χ3n) is 6.77. The maximum Gasteiger partial charge on any atom is 0.340 e. The smallest absolute Gasteiger partial charge is 0.340 e. The number of pyridine rings is 1. The Kier molecular flexibility index (Phi) is 3.48. The van der Waals surface area contributed by atoms with Gasteiger partial charge in [0.05, 0.1) is 17.8 Å². The van der Waals surface area contributed by atoms with E-state index in [0.717, 1.165) is 52.8 Å². The molecule has 1 aliphatic carbocycles. The quantitative estimate of drug-likeness (QED) is 0.658. The number of aliphatic hydroxyl groups is 1. The molecule has 7 heteroatoms. The monoisotopic (exact) mass is 406 g/mol. The number of anilines is 1. The predicted octanol–water partition coefficient (Wildman–Crippen LogP) is 2.96. The molecule has 0 amide bonds. The Balaban J connectivity index is 1.61. The number of nitrogens with zero attached hydrogens (tertiary/aromatic N) is 1. The number of nitrogens with one attached hydrogen (secondary N) is 1. The largest absolute Gasteiger partial charge is 0.458 e. The lowest BCUT2D eigenvalue weighted by Gasteiger charge is -2.25. The van der Waals surface area contributed by atoms with Crippen LogP contribution in [0.4, 0.5) is 10.1 Å². The van der Waals surface area contributed by atoms with Crippen LogP contribution in [0.25, 0.3) is 11.1 Å². The fraction of sp³-hybridized carbons (Fsp3) is 0.304. The second-order valence-electron chi connectivity index (χ2n) is 8.26. The van der Waals surface area contributed by atoms with Crippen molar-refractivity contribution in [1.29, 1.82) is 0 Å². The van der Waals surface area contributed by atoms with Gasteiger partial charge in [0.2, 0.25) is 0 Å².